The van der Waals surface area contributed by atoms with Crippen LogP contribution in [0.5, 0.6) is 0 Å². The van der Waals surface area contributed by atoms with E-state index < -0.39 is 24.0 Å². The Morgan fingerprint density at radius 2 is 2.12 bits per heavy atom. The zero-order valence-corrected chi connectivity index (χ0v) is 8.67. The summed E-state index contributed by atoms with van der Waals surface area (Å²) >= 11 is 0. The average Bonchev–Trinajstić information content (AvgIpc) is 2.30. The fraction of sp³-hybridized carbons (Fsp3) is 0.273. The molecule has 0 saturated heterocycles. The minimum absolute atomic E-state index is 0.0564. The number of carboxylic acid groups (broad SMARTS) is 1. The number of carboxylic acids is 1. The van der Waals surface area contributed by atoms with Gasteiger partial charge in [0.15, 0.2) is 6.10 Å². The topological polar surface area (TPSA) is 102 Å². The molecule has 0 fully saturated rings. The van der Waals surface area contributed by atoms with E-state index in [1.807, 2.05) is 0 Å². The van der Waals surface area contributed by atoms with Gasteiger partial charge in [0.25, 0.3) is 0 Å². The van der Waals surface area contributed by atoms with Crippen LogP contribution in [0.4, 0.5) is 4.39 Å². The molecule has 0 aliphatic carbocycles. The standard InChI is InChI=1S/C11H10FNO4/c12-8-5-7(2-1-6(8)3-4-13)9(14)10(15)11(16)17/h1-2,5,9-10,14-15H,3H2,(H,16,17). The Kier molecular flexibility index (Phi) is 4.15. The summed E-state index contributed by atoms with van der Waals surface area (Å²) in [6, 6.07) is 5.21. The van der Waals surface area contributed by atoms with Crippen LogP contribution in [0.3, 0.4) is 0 Å². The maximum absolute atomic E-state index is 13.4. The van der Waals surface area contributed by atoms with Gasteiger partial charge in [-0.1, -0.05) is 12.1 Å². The van der Waals surface area contributed by atoms with Crippen molar-refractivity contribution in [3.8, 4) is 6.07 Å². The second-order valence-electron chi connectivity index (χ2n) is 3.41. The number of hydrogen-bond acceptors (Lipinski definition) is 4. The zero-order valence-electron chi connectivity index (χ0n) is 8.67. The fourth-order valence-electron chi connectivity index (χ4n) is 1.29. The normalized spacial score (nSPS) is 13.8. The number of aliphatic hydroxyl groups is 2. The summed E-state index contributed by atoms with van der Waals surface area (Å²) in [7, 11) is 0. The second kappa shape index (κ2) is 5.39. The molecular weight excluding hydrogens is 229 g/mol. The first kappa shape index (κ1) is 13.1. The maximum atomic E-state index is 13.4. The molecule has 0 spiro atoms. The van der Waals surface area contributed by atoms with E-state index >= 15 is 0 Å². The number of nitriles is 1. The van der Waals surface area contributed by atoms with Crippen molar-refractivity contribution in [1.29, 1.82) is 5.26 Å². The Morgan fingerprint density at radius 3 is 2.59 bits per heavy atom. The van der Waals surface area contributed by atoms with Crippen molar-refractivity contribution in [2.75, 3.05) is 0 Å². The molecule has 0 amide bonds. The van der Waals surface area contributed by atoms with Crippen molar-refractivity contribution in [1.82, 2.24) is 0 Å². The van der Waals surface area contributed by atoms with Crippen LogP contribution in [-0.2, 0) is 11.2 Å². The molecule has 0 bridgehead atoms. The van der Waals surface area contributed by atoms with Crippen LogP contribution in [0.15, 0.2) is 18.2 Å². The molecular formula is C11H10FNO4. The Bertz CT molecular complexity index is 469. The SMILES string of the molecule is N#CCc1ccc(C(O)C(O)C(=O)O)cc1F. The zero-order chi connectivity index (χ0) is 13.0. The largest absolute Gasteiger partial charge is 0.479 e. The van der Waals surface area contributed by atoms with Crippen LogP contribution < -0.4 is 0 Å². The number of carbonyl (C=O) groups is 1. The van der Waals surface area contributed by atoms with Gasteiger partial charge >= 0.3 is 5.97 Å². The predicted octanol–water partition coefficient (Wildman–Crippen LogP) is 0.371. The third kappa shape index (κ3) is 3.00. The summed E-state index contributed by atoms with van der Waals surface area (Å²) in [5.74, 6) is -2.32. The van der Waals surface area contributed by atoms with Gasteiger partial charge in [0.1, 0.15) is 11.9 Å². The molecule has 0 radical (unpaired) electrons. The Morgan fingerprint density at radius 1 is 1.47 bits per heavy atom. The Hall–Kier alpha value is -1.97. The molecule has 17 heavy (non-hydrogen) atoms. The average molecular weight is 239 g/mol. The van der Waals surface area contributed by atoms with Gasteiger partial charge in [0.05, 0.1) is 12.5 Å². The van der Waals surface area contributed by atoms with Crippen molar-refractivity contribution < 1.29 is 24.5 Å². The molecule has 0 aliphatic rings. The molecule has 5 nitrogen and oxygen atoms in total. The lowest BCUT2D eigenvalue weighted by molar-refractivity contribution is -0.153. The van der Waals surface area contributed by atoms with E-state index in [9.17, 15) is 14.3 Å². The van der Waals surface area contributed by atoms with Gasteiger partial charge in [-0.2, -0.15) is 5.26 Å². The third-order valence-corrected chi connectivity index (χ3v) is 2.24. The quantitative estimate of drug-likeness (QED) is 0.704. The minimum atomic E-state index is -2.02. The first-order chi connectivity index (χ1) is 7.97. The summed E-state index contributed by atoms with van der Waals surface area (Å²) in [6.07, 6.45) is -3.85. The number of rotatable bonds is 4. The number of aliphatic hydroxyl groups excluding tert-OH is 2. The van der Waals surface area contributed by atoms with Crippen LogP contribution in [0.2, 0.25) is 0 Å². The predicted molar refractivity (Wildman–Crippen MR) is 54.3 cm³/mol. The molecule has 1 rings (SSSR count). The highest BCUT2D eigenvalue weighted by molar-refractivity contribution is 5.73. The lowest BCUT2D eigenvalue weighted by atomic mass is 10.0. The number of hydrogen-bond donors (Lipinski definition) is 3. The van der Waals surface area contributed by atoms with Gasteiger partial charge in [-0.3, -0.25) is 0 Å². The Labute approximate surface area is 96.4 Å². The van der Waals surface area contributed by atoms with Gasteiger partial charge < -0.3 is 15.3 Å². The molecule has 2 unspecified atom stereocenters. The van der Waals surface area contributed by atoms with Crippen molar-refractivity contribution in [3.05, 3.63) is 35.1 Å². The van der Waals surface area contributed by atoms with Crippen molar-refractivity contribution in [2.24, 2.45) is 0 Å². The molecule has 0 heterocycles. The monoisotopic (exact) mass is 239 g/mol. The number of benzene rings is 1. The van der Waals surface area contributed by atoms with Crippen molar-refractivity contribution >= 4 is 5.97 Å². The van der Waals surface area contributed by atoms with Crippen LogP contribution >= 0.6 is 0 Å². The van der Waals surface area contributed by atoms with Crippen LogP contribution in [0, 0.1) is 17.1 Å². The summed E-state index contributed by atoms with van der Waals surface area (Å²) in [5, 5.41) is 35.4. The van der Waals surface area contributed by atoms with Gasteiger partial charge in [-0.25, -0.2) is 9.18 Å². The van der Waals surface area contributed by atoms with E-state index in [0.29, 0.717) is 0 Å². The van der Waals surface area contributed by atoms with Gasteiger partial charge in [0.2, 0.25) is 0 Å². The van der Waals surface area contributed by atoms with Crippen molar-refractivity contribution in [2.45, 2.75) is 18.6 Å². The molecule has 1 aromatic rings. The van der Waals surface area contributed by atoms with Crippen LogP contribution in [0.25, 0.3) is 0 Å². The molecule has 3 N–H and O–H groups in total. The summed E-state index contributed by atoms with van der Waals surface area (Å²) in [5.41, 5.74) is 0.0901. The molecule has 0 saturated carbocycles. The lowest BCUT2D eigenvalue weighted by Crippen LogP contribution is -2.27. The van der Waals surface area contributed by atoms with Crippen LogP contribution in [0.1, 0.15) is 17.2 Å². The smallest absolute Gasteiger partial charge is 0.335 e. The van der Waals surface area contributed by atoms with E-state index in [1.54, 1.807) is 6.07 Å². The summed E-state index contributed by atoms with van der Waals surface area (Å²) < 4.78 is 13.4. The highest BCUT2D eigenvalue weighted by Gasteiger charge is 2.25. The van der Waals surface area contributed by atoms with Gasteiger partial charge in [0, 0.05) is 5.56 Å². The van der Waals surface area contributed by atoms with Crippen molar-refractivity contribution in [3.63, 3.8) is 0 Å². The molecule has 90 valence electrons. The molecule has 2 atom stereocenters. The number of nitrogens with zero attached hydrogens (tertiary/aromatic N) is 1. The van der Waals surface area contributed by atoms with Gasteiger partial charge in [-0.15, -0.1) is 0 Å². The van der Waals surface area contributed by atoms with E-state index in [0.717, 1.165) is 6.07 Å². The van der Waals surface area contributed by atoms with E-state index in [4.69, 9.17) is 15.5 Å². The second-order valence-corrected chi connectivity index (χ2v) is 3.41. The molecule has 6 heteroatoms. The first-order valence-corrected chi connectivity index (χ1v) is 4.71. The number of aliphatic carboxylic acids is 1. The van der Waals surface area contributed by atoms with E-state index in [2.05, 4.69) is 0 Å². The van der Waals surface area contributed by atoms with Crippen LogP contribution in [-0.4, -0.2) is 27.4 Å². The minimum Gasteiger partial charge on any atom is -0.479 e. The van der Waals surface area contributed by atoms with E-state index in [-0.39, 0.29) is 17.5 Å². The maximum Gasteiger partial charge on any atom is 0.335 e. The molecule has 0 aromatic heterocycles. The highest BCUT2D eigenvalue weighted by Crippen LogP contribution is 2.20. The molecule has 1 aromatic carbocycles. The summed E-state index contributed by atoms with van der Waals surface area (Å²) in [4.78, 5) is 10.4. The first-order valence-electron chi connectivity index (χ1n) is 4.71. The van der Waals surface area contributed by atoms with Gasteiger partial charge in [-0.05, 0) is 11.6 Å². The van der Waals surface area contributed by atoms with E-state index in [1.165, 1.54) is 12.1 Å². The molecule has 0 aliphatic heterocycles. The summed E-state index contributed by atoms with van der Waals surface area (Å²) in [6.45, 7) is 0. The lowest BCUT2D eigenvalue weighted by Gasteiger charge is -2.14. The third-order valence-electron chi connectivity index (χ3n) is 2.24. The highest BCUT2D eigenvalue weighted by atomic mass is 19.1. The number of halogens is 1. The fourth-order valence-corrected chi connectivity index (χ4v) is 1.29. The Balaban J connectivity index is 2.98.